The Labute approximate surface area is 111 Å². The Morgan fingerprint density at radius 3 is 1.90 bits per heavy atom. The van der Waals surface area contributed by atoms with E-state index in [1.165, 1.54) is 0 Å². The molecule has 6 N–H and O–H groups in total. The molecule has 0 aromatic carbocycles. The number of cyclic esters (lactones) is 1. The van der Waals surface area contributed by atoms with E-state index in [1.807, 2.05) is 0 Å². The van der Waals surface area contributed by atoms with Crippen LogP contribution in [0.4, 0.5) is 0 Å². The van der Waals surface area contributed by atoms with E-state index in [0.717, 1.165) is 0 Å². The van der Waals surface area contributed by atoms with Crippen molar-refractivity contribution in [1.29, 1.82) is 0 Å². The van der Waals surface area contributed by atoms with Crippen LogP contribution in [0.15, 0.2) is 23.7 Å². The number of aliphatic hydroxyl groups is 4. The third-order valence-corrected chi connectivity index (χ3v) is 1.84. The molecule has 0 spiro atoms. The van der Waals surface area contributed by atoms with Gasteiger partial charge in [-0.25, -0.2) is 14.4 Å². The van der Waals surface area contributed by atoms with Crippen LogP contribution in [-0.4, -0.2) is 67.4 Å². The lowest BCUT2D eigenvalue weighted by Gasteiger charge is -2.13. The summed E-state index contributed by atoms with van der Waals surface area (Å²) in [6, 6.07) is 0. The number of aliphatic carboxylic acids is 2. The van der Waals surface area contributed by atoms with E-state index in [-0.39, 0.29) is 0 Å². The Bertz CT molecular complexity index is 433. The van der Waals surface area contributed by atoms with Crippen LogP contribution in [0, 0.1) is 0 Å². The zero-order valence-electron chi connectivity index (χ0n) is 9.83. The minimum absolute atomic E-state index is 0.558. The van der Waals surface area contributed by atoms with Crippen molar-refractivity contribution in [1.82, 2.24) is 0 Å². The summed E-state index contributed by atoms with van der Waals surface area (Å²) in [4.78, 5) is 29.6. The summed E-state index contributed by atoms with van der Waals surface area (Å²) in [6.07, 6.45) is -1.66. The lowest BCUT2D eigenvalue weighted by atomic mass is 10.2. The number of ether oxygens (including phenoxy) is 1. The first kappa shape index (κ1) is 17.4. The molecule has 2 unspecified atom stereocenters. The van der Waals surface area contributed by atoms with Crippen molar-refractivity contribution in [2.45, 2.75) is 12.2 Å². The predicted octanol–water partition coefficient (Wildman–Crippen LogP) is -1.70. The number of carbonyl (C=O) groups excluding carboxylic acids is 1. The van der Waals surface area contributed by atoms with Crippen LogP contribution >= 0.6 is 0 Å². The maximum absolute atomic E-state index is 10.5. The molecule has 1 aliphatic rings. The molecule has 20 heavy (non-hydrogen) atoms. The molecule has 10 nitrogen and oxygen atoms in total. The second kappa shape index (κ2) is 7.76. The second-order valence-corrected chi connectivity index (χ2v) is 3.32. The minimum Gasteiger partial charge on any atom is -0.505 e. The largest absolute Gasteiger partial charge is 0.505 e. The third-order valence-electron chi connectivity index (χ3n) is 1.84. The third kappa shape index (κ3) is 5.37. The molecule has 0 saturated heterocycles. The number of rotatable bonds is 4. The average Bonchev–Trinajstić information content (AvgIpc) is 2.64. The van der Waals surface area contributed by atoms with Crippen molar-refractivity contribution in [3.63, 3.8) is 0 Å². The van der Waals surface area contributed by atoms with Gasteiger partial charge in [0.05, 0.1) is 6.61 Å². The molecule has 0 fully saturated rings. The van der Waals surface area contributed by atoms with E-state index < -0.39 is 48.2 Å². The summed E-state index contributed by atoms with van der Waals surface area (Å²) in [7, 11) is 0. The molecule has 2 atom stereocenters. The highest BCUT2D eigenvalue weighted by molar-refractivity contribution is 5.89. The molecule has 0 aromatic heterocycles. The number of carboxylic acid groups (broad SMARTS) is 2. The SMILES string of the molecule is O=C(O)/C=C/C(=O)O.O=C1OC(C(O)CO)C(O)=C1O. The summed E-state index contributed by atoms with van der Waals surface area (Å²) < 4.78 is 4.32. The molecular formula is C10H12O10. The van der Waals surface area contributed by atoms with Gasteiger partial charge in [0.15, 0.2) is 11.9 Å². The van der Waals surface area contributed by atoms with Crippen molar-refractivity contribution in [3.8, 4) is 0 Å². The highest BCUT2D eigenvalue weighted by Crippen LogP contribution is 2.20. The molecule has 1 heterocycles. The van der Waals surface area contributed by atoms with Gasteiger partial charge < -0.3 is 35.4 Å². The van der Waals surface area contributed by atoms with Gasteiger partial charge in [-0.15, -0.1) is 0 Å². The number of aliphatic hydroxyl groups excluding tert-OH is 4. The topological polar surface area (TPSA) is 182 Å². The minimum atomic E-state index is -1.42. The summed E-state index contributed by atoms with van der Waals surface area (Å²) in [5, 5.41) is 50.7. The van der Waals surface area contributed by atoms with E-state index in [1.54, 1.807) is 0 Å². The number of hydrogen-bond donors (Lipinski definition) is 6. The number of hydrogen-bond acceptors (Lipinski definition) is 8. The average molecular weight is 292 g/mol. The van der Waals surface area contributed by atoms with Crippen LogP contribution < -0.4 is 0 Å². The summed E-state index contributed by atoms with van der Waals surface area (Å²) in [5.74, 6) is -5.29. The number of esters is 1. The molecule has 0 saturated carbocycles. The van der Waals surface area contributed by atoms with Crippen molar-refractivity contribution in [2.24, 2.45) is 0 Å². The molecule has 0 bridgehead atoms. The van der Waals surface area contributed by atoms with Crippen molar-refractivity contribution >= 4 is 17.9 Å². The Hall–Kier alpha value is -2.59. The van der Waals surface area contributed by atoms with E-state index in [9.17, 15) is 14.4 Å². The lowest BCUT2D eigenvalue weighted by Crippen LogP contribution is -2.31. The number of carboxylic acids is 2. The van der Waals surface area contributed by atoms with Gasteiger partial charge in [-0.1, -0.05) is 0 Å². The second-order valence-electron chi connectivity index (χ2n) is 3.32. The molecule has 10 heteroatoms. The molecule has 1 aliphatic heterocycles. The highest BCUT2D eigenvalue weighted by Gasteiger charge is 2.38. The zero-order chi connectivity index (χ0) is 15.9. The predicted molar refractivity (Wildman–Crippen MR) is 59.7 cm³/mol. The van der Waals surface area contributed by atoms with Crippen LogP contribution in [-0.2, 0) is 19.1 Å². The Morgan fingerprint density at radius 1 is 1.20 bits per heavy atom. The molecule has 1 rings (SSSR count). The van der Waals surface area contributed by atoms with Crippen LogP contribution in [0.5, 0.6) is 0 Å². The summed E-state index contributed by atoms with van der Waals surface area (Å²) in [6.45, 7) is -0.671. The van der Waals surface area contributed by atoms with Crippen LogP contribution in [0.25, 0.3) is 0 Å². The van der Waals surface area contributed by atoms with Crippen molar-refractivity contribution in [2.75, 3.05) is 6.61 Å². The first-order valence-corrected chi connectivity index (χ1v) is 4.96. The van der Waals surface area contributed by atoms with E-state index >= 15 is 0 Å². The molecule has 0 radical (unpaired) electrons. The fourth-order valence-corrected chi connectivity index (χ4v) is 0.965. The van der Waals surface area contributed by atoms with Crippen LogP contribution in [0.2, 0.25) is 0 Å². The van der Waals surface area contributed by atoms with Crippen LogP contribution in [0.1, 0.15) is 0 Å². The van der Waals surface area contributed by atoms with Gasteiger partial charge in [0.25, 0.3) is 0 Å². The van der Waals surface area contributed by atoms with E-state index in [4.69, 9.17) is 30.6 Å². The Kier molecular flexibility index (Phi) is 6.75. The van der Waals surface area contributed by atoms with E-state index in [2.05, 4.69) is 4.74 Å². The molecule has 0 aliphatic carbocycles. The molecule has 112 valence electrons. The quantitative estimate of drug-likeness (QED) is 0.258. The summed E-state index contributed by atoms with van der Waals surface area (Å²) in [5.41, 5.74) is 0. The molecule has 0 aromatic rings. The van der Waals surface area contributed by atoms with Crippen molar-refractivity contribution < 1.29 is 49.8 Å². The summed E-state index contributed by atoms with van der Waals surface area (Å²) >= 11 is 0. The van der Waals surface area contributed by atoms with Gasteiger partial charge in [0, 0.05) is 12.2 Å². The smallest absolute Gasteiger partial charge is 0.377 e. The Balaban J connectivity index is 0.000000396. The first-order chi connectivity index (χ1) is 9.20. The normalized spacial score (nSPS) is 19.3. The van der Waals surface area contributed by atoms with Gasteiger partial charge in [-0.05, 0) is 0 Å². The fraction of sp³-hybridized carbons (Fsp3) is 0.300. The lowest BCUT2D eigenvalue weighted by molar-refractivity contribution is -0.147. The van der Waals surface area contributed by atoms with Gasteiger partial charge in [-0.2, -0.15) is 0 Å². The van der Waals surface area contributed by atoms with Gasteiger partial charge >= 0.3 is 17.9 Å². The van der Waals surface area contributed by atoms with Crippen LogP contribution in [0.3, 0.4) is 0 Å². The van der Waals surface area contributed by atoms with Gasteiger partial charge in [0.2, 0.25) is 5.76 Å². The van der Waals surface area contributed by atoms with E-state index in [0.29, 0.717) is 12.2 Å². The van der Waals surface area contributed by atoms with Crippen molar-refractivity contribution in [3.05, 3.63) is 23.7 Å². The monoisotopic (exact) mass is 292 g/mol. The number of carbonyl (C=O) groups is 3. The van der Waals surface area contributed by atoms with Gasteiger partial charge in [0.1, 0.15) is 6.10 Å². The zero-order valence-corrected chi connectivity index (χ0v) is 9.83. The molecular weight excluding hydrogens is 280 g/mol. The first-order valence-electron chi connectivity index (χ1n) is 4.96. The standard InChI is InChI=1S/C6H8O6.C4H4O4/c7-1-2(8)5-3(9)4(10)6(11)12-5;5-3(6)1-2-4(7)8/h2,5,7-10H,1H2;1-2H,(H,5,6)(H,7,8)/b;2-1+. The van der Waals surface area contributed by atoms with Gasteiger partial charge in [-0.3, -0.25) is 0 Å². The maximum atomic E-state index is 10.5. The maximum Gasteiger partial charge on any atom is 0.377 e. The Morgan fingerprint density at radius 2 is 1.65 bits per heavy atom. The fourth-order valence-electron chi connectivity index (χ4n) is 0.965. The molecule has 0 amide bonds. The highest BCUT2D eigenvalue weighted by atomic mass is 16.6.